The zero-order valence-electron chi connectivity index (χ0n) is 10.5. The van der Waals surface area contributed by atoms with Gasteiger partial charge < -0.3 is 15.7 Å². The molecule has 0 amide bonds. The van der Waals surface area contributed by atoms with Crippen molar-refractivity contribution in [2.75, 3.05) is 17.2 Å². The van der Waals surface area contributed by atoms with Gasteiger partial charge in [-0.2, -0.15) is 13.2 Å². The largest absolute Gasteiger partial charge is 0.416 e. The zero-order valence-corrected chi connectivity index (χ0v) is 10.5. The van der Waals surface area contributed by atoms with E-state index < -0.39 is 11.7 Å². The van der Waals surface area contributed by atoms with E-state index >= 15 is 0 Å². The van der Waals surface area contributed by atoms with Crippen LogP contribution in [0.1, 0.15) is 25.3 Å². The average molecular weight is 275 g/mol. The summed E-state index contributed by atoms with van der Waals surface area (Å²) >= 11 is 0. The second-order valence-corrected chi connectivity index (χ2v) is 4.62. The van der Waals surface area contributed by atoms with Crippen LogP contribution in [0, 0.1) is 0 Å². The van der Waals surface area contributed by atoms with E-state index in [1.807, 2.05) is 0 Å². The number of pyridine rings is 1. The Balaban J connectivity index is 2.19. The van der Waals surface area contributed by atoms with Gasteiger partial charge in [0, 0.05) is 12.6 Å². The molecule has 1 aliphatic carbocycles. The van der Waals surface area contributed by atoms with Crippen LogP contribution in [-0.4, -0.2) is 28.8 Å². The highest BCUT2D eigenvalue weighted by molar-refractivity contribution is 5.50. The lowest BCUT2D eigenvalue weighted by atomic mass is 9.89. The SMILES string of the molecule is CCNc1cc(C(F)(F)F)cc(NC2CC(O)C2)n1. The molecule has 0 aliphatic heterocycles. The first-order valence-corrected chi connectivity index (χ1v) is 6.16. The molecule has 1 heterocycles. The van der Waals surface area contributed by atoms with Gasteiger partial charge in [0.25, 0.3) is 0 Å². The van der Waals surface area contributed by atoms with Crippen LogP contribution in [0.25, 0.3) is 0 Å². The van der Waals surface area contributed by atoms with Crippen molar-refractivity contribution in [1.29, 1.82) is 0 Å². The smallest absolute Gasteiger partial charge is 0.393 e. The first-order valence-electron chi connectivity index (χ1n) is 6.16. The highest BCUT2D eigenvalue weighted by Crippen LogP contribution is 2.33. The number of anilines is 2. The molecule has 0 radical (unpaired) electrons. The lowest BCUT2D eigenvalue weighted by molar-refractivity contribution is -0.137. The Labute approximate surface area is 109 Å². The minimum absolute atomic E-state index is 0.0135. The summed E-state index contributed by atoms with van der Waals surface area (Å²) in [6.07, 6.45) is -3.69. The number of hydrogen-bond acceptors (Lipinski definition) is 4. The Kier molecular flexibility index (Phi) is 3.84. The van der Waals surface area contributed by atoms with Gasteiger partial charge in [0.2, 0.25) is 0 Å². The molecule has 1 fully saturated rings. The van der Waals surface area contributed by atoms with E-state index in [0.717, 1.165) is 12.1 Å². The van der Waals surface area contributed by atoms with Gasteiger partial charge in [-0.05, 0) is 31.9 Å². The average Bonchev–Trinajstić information content (AvgIpc) is 2.26. The maximum atomic E-state index is 12.8. The molecule has 0 aromatic carbocycles. The van der Waals surface area contributed by atoms with Gasteiger partial charge in [-0.15, -0.1) is 0 Å². The summed E-state index contributed by atoms with van der Waals surface area (Å²) in [5.74, 6) is 0.377. The minimum Gasteiger partial charge on any atom is -0.393 e. The fourth-order valence-corrected chi connectivity index (χ4v) is 1.95. The molecule has 7 heteroatoms. The van der Waals surface area contributed by atoms with Crippen LogP contribution in [0.2, 0.25) is 0 Å². The molecule has 3 N–H and O–H groups in total. The number of nitrogens with zero attached hydrogens (tertiary/aromatic N) is 1. The van der Waals surface area contributed by atoms with Gasteiger partial charge >= 0.3 is 6.18 Å². The molecule has 0 atom stereocenters. The van der Waals surface area contributed by atoms with Gasteiger partial charge in [-0.3, -0.25) is 0 Å². The predicted octanol–water partition coefficient (Wildman–Crippen LogP) is 2.47. The zero-order chi connectivity index (χ0) is 14.0. The number of alkyl halides is 3. The summed E-state index contributed by atoms with van der Waals surface area (Å²) < 4.78 is 38.3. The van der Waals surface area contributed by atoms with Crippen molar-refractivity contribution in [1.82, 2.24) is 4.98 Å². The minimum atomic E-state index is -4.40. The van der Waals surface area contributed by atoms with Crippen LogP contribution in [0.5, 0.6) is 0 Å². The van der Waals surface area contributed by atoms with Crippen LogP contribution in [0.15, 0.2) is 12.1 Å². The van der Waals surface area contributed by atoms with Crippen LogP contribution in [0.3, 0.4) is 0 Å². The first kappa shape index (κ1) is 13.9. The normalized spacial score (nSPS) is 22.8. The van der Waals surface area contributed by atoms with Gasteiger partial charge in [-0.25, -0.2) is 4.98 Å². The summed E-state index contributed by atoms with van der Waals surface area (Å²) in [4.78, 5) is 4.08. The van der Waals surface area contributed by atoms with Crippen molar-refractivity contribution in [2.24, 2.45) is 0 Å². The molecule has 0 saturated heterocycles. The second-order valence-electron chi connectivity index (χ2n) is 4.62. The fourth-order valence-electron chi connectivity index (χ4n) is 1.95. The van der Waals surface area contributed by atoms with Crippen molar-refractivity contribution in [3.05, 3.63) is 17.7 Å². The number of aromatic nitrogens is 1. The monoisotopic (exact) mass is 275 g/mol. The lowest BCUT2D eigenvalue weighted by Crippen LogP contribution is -2.39. The Morgan fingerprint density at radius 3 is 2.47 bits per heavy atom. The molecular weight excluding hydrogens is 259 g/mol. The van der Waals surface area contributed by atoms with E-state index in [-0.39, 0.29) is 23.8 Å². The molecule has 19 heavy (non-hydrogen) atoms. The third-order valence-corrected chi connectivity index (χ3v) is 2.98. The van der Waals surface area contributed by atoms with Crippen LogP contribution < -0.4 is 10.6 Å². The quantitative estimate of drug-likeness (QED) is 0.790. The number of aliphatic hydroxyl groups excluding tert-OH is 1. The fraction of sp³-hybridized carbons (Fsp3) is 0.583. The van der Waals surface area contributed by atoms with Crippen LogP contribution in [0.4, 0.5) is 24.8 Å². The highest BCUT2D eigenvalue weighted by atomic mass is 19.4. The molecule has 1 aromatic heterocycles. The van der Waals surface area contributed by atoms with Crippen LogP contribution in [-0.2, 0) is 6.18 Å². The Hall–Kier alpha value is -1.50. The molecule has 0 spiro atoms. The molecule has 0 bridgehead atoms. The van der Waals surface area contributed by atoms with Crippen molar-refractivity contribution in [2.45, 2.75) is 38.1 Å². The molecule has 0 unspecified atom stereocenters. The van der Waals surface area contributed by atoms with Crippen molar-refractivity contribution >= 4 is 11.6 Å². The number of hydrogen-bond donors (Lipinski definition) is 3. The van der Waals surface area contributed by atoms with E-state index in [1.54, 1.807) is 6.92 Å². The van der Waals surface area contributed by atoms with Gasteiger partial charge in [0.15, 0.2) is 0 Å². The Morgan fingerprint density at radius 1 is 1.32 bits per heavy atom. The van der Waals surface area contributed by atoms with Crippen molar-refractivity contribution in [3.8, 4) is 0 Å². The molecule has 1 aromatic rings. The number of rotatable bonds is 4. The van der Waals surface area contributed by atoms with E-state index in [4.69, 9.17) is 5.11 Å². The topological polar surface area (TPSA) is 57.2 Å². The third-order valence-electron chi connectivity index (χ3n) is 2.98. The Bertz CT molecular complexity index is 444. The Morgan fingerprint density at radius 2 is 1.95 bits per heavy atom. The predicted molar refractivity (Wildman–Crippen MR) is 66.1 cm³/mol. The lowest BCUT2D eigenvalue weighted by Gasteiger charge is -2.32. The van der Waals surface area contributed by atoms with E-state index in [9.17, 15) is 13.2 Å². The van der Waals surface area contributed by atoms with E-state index in [2.05, 4.69) is 15.6 Å². The maximum Gasteiger partial charge on any atom is 0.416 e. The highest BCUT2D eigenvalue weighted by Gasteiger charge is 2.33. The molecule has 4 nitrogen and oxygen atoms in total. The first-order chi connectivity index (χ1) is 8.88. The summed E-state index contributed by atoms with van der Waals surface area (Å²) in [6, 6.07) is 1.97. The summed E-state index contributed by atoms with van der Waals surface area (Å²) in [7, 11) is 0. The van der Waals surface area contributed by atoms with Gasteiger partial charge in [0.05, 0.1) is 11.7 Å². The number of nitrogens with one attached hydrogen (secondary N) is 2. The molecule has 2 rings (SSSR count). The maximum absolute atomic E-state index is 12.8. The molecular formula is C12H16F3N3O. The number of halogens is 3. The van der Waals surface area contributed by atoms with Crippen LogP contribution >= 0.6 is 0 Å². The summed E-state index contributed by atoms with van der Waals surface area (Å²) in [6.45, 7) is 2.28. The van der Waals surface area contributed by atoms with Gasteiger partial charge in [-0.1, -0.05) is 0 Å². The second kappa shape index (κ2) is 5.24. The number of aliphatic hydroxyl groups is 1. The summed E-state index contributed by atoms with van der Waals surface area (Å²) in [5.41, 5.74) is -0.735. The molecule has 1 saturated carbocycles. The molecule has 1 aliphatic rings. The van der Waals surface area contributed by atoms with E-state index in [0.29, 0.717) is 19.4 Å². The van der Waals surface area contributed by atoms with E-state index in [1.165, 1.54) is 0 Å². The summed E-state index contributed by atoms with van der Waals surface area (Å²) in [5, 5.41) is 14.9. The molecule has 106 valence electrons. The van der Waals surface area contributed by atoms with Crippen molar-refractivity contribution < 1.29 is 18.3 Å². The third kappa shape index (κ3) is 3.50. The van der Waals surface area contributed by atoms with Crippen molar-refractivity contribution in [3.63, 3.8) is 0 Å². The standard InChI is InChI=1S/C12H16F3N3O/c1-2-16-10-3-7(12(13,14)15)4-11(18-10)17-8-5-9(19)6-8/h3-4,8-9,19H,2,5-6H2,1H3,(H2,16,17,18). The van der Waals surface area contributed by atoms with Gasteiger partial charge in [0.1, 0.15) is 11.6 Å².